The van der Waals surface area contributed by atoms with E-state index in [0.717, 1.165) is 11.1 Å². The van der Waals surface area contributed by atoms with Crippen LogP contribution in [0.15, 0.2) is 72.8 Å². The van der Waals surface area contributed by atoms with Crippen molar-refractivity contribution in [3.63, 3.8) is 0 Å². The van der Waals surface area contributed by atoms with Crippen LogP contribution in [0, 0.1) is 23.2 Å². The molecule has 0 aliphatic carbocycles. The van der Waals surface area contributed by atoms with Gasteiger partial charge < -0.3 is 19.5 Å². The summed E-state index contributed by atoms with van der Waals surface area (Å²) in [7, 11) is 1.24. The number of hydrogen-bond donors (Lipinski definition) is 1. The number of carbonyl (C=O) groups is 3. The second-order valence-corrected chi connectivity index (χ2v) is 9.48. The van der Waals surface area contributed by atoms with Gasteiger partial charge in [-0.15, -0.1) is 0 Å². The maximum Gasteiger partial charge on any atom is 0.408 e. The molecule has 0 unspecified atom stereocenters. The van der Waals surface area contributed by atoms with Gasteiger partial charge >= 0.3 is 18.0 Å². The number of esters is 2. The van der Waals surface area contributed by atoms with E-state index in [-0.39, 0.29) is 6.42 Å². The monoisotopic (exact) mass is 524 g/mol. The van der Waals surface area contributed by atoms with Crippen LogP contribution in [0.5, 0.6) is 5.75 Å². The van der Waals surface area contributed by atoms with Crippen LogP contribution in [0.25, 0.3) is 0 Å². The summed E-state index contributed by atoms with van der Waals surface area (Å²) in [5.41, 5.74) is 2.43. The van der Waals surface area contributed by atoms with E-state index in [0.29, 0.717) is 22.4 Å². The first-order valence-electron chi connectivity index (χ1n) is 12.1. The molecule has 0 radical (unpaired) electrons. The van der Waals surface area contributed by atoms with E-state index in [4.69, 9.17) is 19.5 Å². The highest BCUT2D eigenvalue weighted by Crippen LogP contribution is 2.17. The quantitative estimate of drug-likeness (QED) is 0.280. The molecular formula is C31H28N2O6. The highest BCUT2D eigenvalue weighted by Gasteiger charge is 2.25. The van der Waals surface area contributed by atoms with Gasteiger partial charge in [0, 0.05) is 17.5 Å². The van der Waals surface area contributed by atoms with Gasteiger partial charge in [-0.25, -0.2) is 14.4 Å². The van der Waals surface area contributed by atoms with Gasteiger partial charge in [-0.05, 0) is 87.0 Å². The second kappa shape index (κ2) is 12.9. The first kappa shape index (κ1) is 28.5. The minimum absolute atomic E-state index is 0.158. The van der Waals surface area contributed by atoms with Gasteiger partial charge in [0.05, 0.1) is 24.3 Å². The minimum atomic E-state index is -0.947. The van der Waals surface area contributed by atoms with E-state index >= 15 is 0 Å². The van der Waals surface area contributed by atoms with Crippen molar-refractivity contribution < 1.29 is 28.6 Å². The van der Waals surface area contributed by atoms with Crippen LogP contribution in [-0.4, -0.2) is 36.8 Å². The van der Waals surface area contributed by atoms with Crippen LogP contribution in [-0.2, 0) is 20.7 Å². The van der Waals surface area contributed by atoms with Gasteiger partial charge in [-0.2, -0.15) is 5.26 Å². The van der Waals surface area contributed by atoms with Crippen molar-refractivity contribution in [3.8, 4) is 23.7 Å². The molecule has 0 aromatic heterocycles. The fourth-order valence-corrected chi connectivity index (χ4v) is 3.34. The number of nitriles is 1. The molecule has 0 heterocycles. The topological polar surface area (TPSA) is 115 Å². The van der Waals surface area contributed by atoms with Gasteiger partial charge in [-0.1, -0.05) is 24.0 Å². The summed E-state index contributed by atoms with van der Waals surface area (Å²) in [5, 5.41) is 11.4. The molecule has 8 heteroatoms. The molecule has 0 saturated heterocycles. The Morgan fingerprint density at radius 1 is 0.846 bits per heavy atom. The van der Waals surface area contributed by atoms with Gasteiger partial charge in [-0.3, -0.25) is 0 Å². The molecule has 39 heavy (non-hydrogen) atoms. The summed E-state index contributed by atoms with van der Waals surface area (Å²) in [4.78, 5) is 36.9. The Hall–Kier alpha value is -5.08. The van der Waals surface area contributed by atoms with Crippen LogP contribution in [0.4, 0.5) is 4.79 Å². The number of rotatable bonds is 6. The van der Waals surface area contributed by atoms with E-state index in [9.17, 15) is 14.4 Å². The van der Waals surface area contributed by atoms with Gasteiger partial charge in [0.15, 0.2) is 0 Å². The highest BCUT2D eigenvalue weighted by atomic mass is 16.6. The Morgan fingerprint density at radius 2 is 1.38 bits per heavy atom. The lowest BCUT2D eigenvalue weighted by Gasteiger charge is -2.22. The highest BCUT2D eigenvalue weighted by molar-refractivity contribution is 5.91. The number of carbonyl (C=O) groups excluding carboxylic acids is 3. The number of amides is 1. The summed E-state index contributed by atoms with van der Waals surface area (Å²) in [6, 6.07) is 21.4. The fourth-order valence-electron chi connectivity index (χ4n) is 3.34. The summed E-state index contributed by atoms with van der Waals surface area (Å²) < 4.78 is 15.5. The smallest absolute Gasteiger partial charge is 0.408 e. The largest absolute Gasteiger partial charge is 0.467 e. The molecule has 0 bridgehead atoms. The number of nitrogens with zero attached hydrogens (tertiary/aromatic N) is 1. The van der Waals surface area contributed by atoms with E-state index in [2.05, 4.69) is 23.2 Å². The minimum Gasteiger partial charge on any atom is -0.467 e. The van der Waals surface area contributed by atoms with Crippen LogP contribution < -0.4 is 10.1 Å². The number of alkyl carbamates (subject to hydrolysis) is 1. The van der Waals surface area contributed by atoms with Crippen LogP contribution in [0.1, 0.15) is 53.4 Å². The first-order valence-corrected chi connectivity index (χ1v) is 12.1. The third-order valence-electron chi connectivity index (χ3n) is 5.24. The Kier molecular flexibility index (Phi) is 9.45. The predicted octanol–water partition coefficient (Wildman–Crippen LogP) is 4.79. The third-order valence-corrected chi connectivity index (χ3v) is 5.24. The average molecular weight is 525 g/mol. The summed E-state index contributed by atoms with van der Waals surface area (Å²) in [6.07, 6.45) is -0.569. The Balaban J connectivity index is 1.59. The van der Waals surface area contributed by atoms with Crippen LogP contribution >= 0.6 is 0 Å². The predicted molar refractivity (Wildman–Crippen MR) is 144 cm³/mol. The van der Waals surface area contributed by atoms with E-state index < -0.39 is 29.7 Å². The number of nitrogens with one attached hydrogen (secondary N) is 1. The summed E-state index contributed by atoms with van der Waals surface area (Å²) in [6.45, 7) is 5.17. The van der Waals surface area contributed by atoms with Gasteiger partial charge in [0.25, 0.3) is 0 Å². The molecule has 0 saturated carbocycles. The Morgan fingerprint density at radius 3 is 1.90 bits per heavy atom. The zero-order chi connectivity index (χ0) is 28.4. The average Bonchev–Trinajstić information content (AvgIpc) is 2.91. The fraction of sp³-hybridized carbons (Fsp3) is 0.226. The zero-order valence-electron chi connectivity index (χ0n) is 22.1. The van der Waals surface area contributed by atoms with Crippen molar-refractivity contribution in [3.05, 3.63) is 101 Å². The third kappa shape index (κ3) is 9.07. The number of methoxy groups -OCH3 is 1. The molecule has 8 nitrogen and oxygen atoms in total. The molecule has 3 aromatic carbocycles. The normalized spacial score (nSPS) is 11.2. The van der Waals surface area contributed by atoms with Gasteiger partial charge in [0.1, 0.15) is 17.4 Å². The van der Waals surface area contributed by atoms with Crippen molar-refractivity contribution in [2.75, 3.05) is 7.11 Å². The summed E-state index contributed by atoms with van der Waals surface area (Å²) >= 11 is 0. The van der Waals surface area contributed by atoms with Crippen LogP contribution in [0.2, 0.25) is 0 Å². The molecular weight excluding hydrogens is 496 g/mol. The molecule has 0 spiro atoms. The number of benzene rings is 3. The lowest BCUT2D eigenvalue weighted by atomic mass is 10.1. The van der Waals surface area contributed by atoms with E-state index in [1.165, 1.54) is 7.11 Å². The lowest BCUT2D eigenvalue weighted by molar-refractivity contribution is -0.143. The van der Waals surface area contributed by atoms with E-state index in [1.807, 2.05) is 0 Å². The van der Waals surface area contributed by atoms with Crippen molar-refractivity contribution in [1.29, 1.82) is 5.26 Å². The second-order valence-electron chi connectivity index (χ2n) is 9.48. The molecule has 0 aliphatic rings. The van der Waals surface area contributed by atoms with E-state index in [1.54, 1.807) is 93.6 Å². The molecule has 3 rings (SSSR count). The standard InChI is InChI=1S/C31H28N2O6/c1-31(2,3)39-30(36)33-27(29(35)37-4)19-23-13-17-26(18-14-23)38-28(34)25-15-11-22(12-16-25)6-5-21-7-9-24(20-32)10-8-21/h7-18,27H,19H2,1-4H3,(H,33,36)/t27-/m0/s1. The molecule has 1 N–H and O–H groups in total. The zero-order valence-corrected chi connectivity index (χ0v) is 22.1. The lowest BCUT2D eigenvalue weighted by Crippen LogP contribution is -2.45. The Bertz CT molecular complexity index is 1420. The van der Waals surface area contributed by atoms with Crippen molar-refractivity contribution in [2.45, 2.75) is 38.8 Å². The molecule has 0 aliphatic heterocycles. The summed E-state index contributed by atoms with van der Waals surface area (Å²) in [5.74, 6) is 5.21. The Labute approximate surface area is 227 Å². The molecule has 198 valence electrons. The first-order chi connectivity index (χ1) is 18.6. The molecule has 0 fully saturated rings. The number of hydrogen-bond acceptors (Lipinski definition) is 7. The maximum atomic E-state index is 12.6. The van der Waals surface area contributed by atoms with Crippen LogP contribution in [0.3, 0.4) is 0 Å². The molecule has 1 atom stereocenters. The molecule has 1 amide bonds. The maximum absolute atomic E-state index is 12.6. The number of ether oxygens (including phenoxy) is 3. The van der Waals surface area contributed by atoms with Gasteiger partial charge in [0.2, 0.25) is 0 Å². The SMILES string of the molecule is COC(=O)[C@H](Cc1ccc(OC(=O)c2ccc(C#Cc3ccc(C#N)cc3)cc2)cc1)NC(=O)OC(C)(C)C. The van der Waals surface area contributed by atoms with Crippen molar-refractivity contribution in [2.24, 2.45) is 0 Å². The van der Waals surface area contributed by atoms with Crippen molar-refractivity contribution >= 4 is 18.0 Å². The molecule has 3 aromatic rings. The van der Waals surface area contributed by atoms with Crippen molar-refractivity contribution in [1.82, 2.24) is 5.32 Å².